The molecule has 0 radical (unpaired) electrons. The van der Waals surface area contributed by atoms with Crippen LogP contribution >= 0.6 is 0 Å². The zero-order valence-corrected chi connectivity index (χ0v) is 11.3. The number of hydrogen-bond acceptors (Lipinski definition) is 2. The zero-order chi connectivity index (χ0) is 13.0. The van der Waals surface area contributed by atoms with Crippen LogP contribution in [0.4, 0.5) is 5.69 Å². The fourth-order valence-corrected chi connectivity index (χ4v) is 2.31. The number of amides is 1. The van der Waals surface area contributed by atoms with Crippen molar-refractivity contribution >= 4 is 11.6 Å². The van der Waals surface area contributed by atoms with Crippen LogP contribution < -0.4 is 4.90 Å². The van der Waals surface area contributed by atoms with Gasteiger partial charge in [0.15, 0.2) is 0 Å². The maximum absolute atomic E-state index is 12.2. The molecule has 1 aromatic carbocycles. The minimum Gasteiger partial charge on any atom is -0.314 e. The van der Waals surface area contributed by atoms with E-state index in [1.807, 2.05) is 37.4 Å². The smallest absolute Gasteiger partial charge is 0.240 e. The van der Waals surface area contributed by atoms with Crippen molar-refractivity contribution in [1.29, 1.82) is 0 Å². The summed E-state index contributed by atoms with van der Waals surface area (Å²) in [6.07, 6.45) is 2.42. The van der Waals surface area contributed by atoms with Crippen LogP contribution in [0, 0.1) is 5.92 Å². The van der Waals surface area contributed by atoms with E-state index in [0.29, 0.717) is 6.54 Å². The van der Waals surface area contributed by atoms with E-state index in [-0.39, 0.29) is 5.91 Å². The average molecular weight is 246 g/mol. The third kappa shape index (κ3) is 3.33. The number of piperidine rings is 1. The quantitative estimate of drug-likeness (QED) is 0.817. The van der Waals surface area contributed by atoms with Gasteiger partial charge < -0.3 is 4.90 Å². The number of hydrogen-bond donors (Lipinski definition) is 0. The first-order valence-corrected chi connectivity index (χ1v) is 6.71. The Morgan fingerprint density at radius 1 is 1.28 bits per heavy atom. The highest BCUT2D eigenvalue weighted by molar-refractivity contribution is 5.94. The van der Waals surface area contributed by atoms with Crippen LogP contribution in [0.2, 0.25) is 0 Å². The fourth-order valence-electron chi connectivity index (χ4n) is 2.31. The maximum Gasteiger partial charge on any atom is 0.240 e. The van der Waals surface area contributed by atoms with Crippen LogP contribution in [0.25, 0.3) is 0 Å². The van der Waals surface area contributed by atoms with Gasteiger partial charge in [0.1, 0.15) is 0 Å². The van der Waals surface area contributed by atoms with Gasteiger partial charge in [-0.15, -0.1) is 0 Å². The van der Waals surface area contributed by atoms with E-state index in [1.165, 1.54) is 12.8 Å². The molecule has 0 aliphatic carbocycles. The molecule has 1 heterocycles. The minimum atomic E-state index is 0.177. The SMILES string of the molecule is CC1CCN(CC(=O)N(C)c2ccccc2)CC1. The Bertz CT molecular complexity index is 383. The molecule has 18 heavy (non-hydrogen) atoms. The monoisotopic (exact) mass is 246 g/mol. The summed E-state index contributed by atoms with van der Waals surface area (Å²) in [5.74, 6) is 0.985. The van der Waals surface area contributed by atoms with Crippen LogP contribution in [-0.2, 0) is 4.79 Å². The van der Waals surface area contributed by atoms with Gasteiger partial charge in [0.05, 0.1) is 6.54 Å². The summed E-state index contributed by atoms with van der Waals surface area (Å²) >= 11 is 0. The Morgan fingerprint density at radius 3 is 2.50 bits per heavy atom. The van der Waals surface area contributed by atoms with Crippen molar-refractivity contribution in [2.24, 2.45) is 5.92 Å². The number of carbonyl (C=O) groups is 1. The van der Waals surface area contributed by atoms with E-state index in [9.17, 15) is 4.79 Å². The van der Waals surface area contributed by atoms with Gasteiger partial charge in [0.25, 0.3) is 0 Å². The topological polar surface area (TPSA) is 23.6 Å². The van der Waals surface area contributed by atoms with E-state index >= 15 is 0 Å². The number of carbonyl (C=O) groups excluding carboxylic acids is 1. The van der Waals surface area contributed by atoms with E-state index in [0.717, 1.165) is 24.7 Å². The first-order chi connectivity index (χ1) is 8.66. The molecule has 0 spiro atoms. The number of benzene rings is 1. The molecule has 1 aliphatic rings. The predicted octanol–water partition coefficient (Wildman–Crippen LogP) is 2.38. The Labute approximate surface area is 109 Å². The first-order valence-electron chi connectivity index (χ1n) is 6.71. The lowest BCUT2D eigenvalue weighted by molar-refractivity contribution is -0.119. The number of likely N-dealkylation sites (N-methyl/N-ethyl adjacent to an activating group) is 1. The minimum absolute atomic E-state index is 0.177. The molecule has 0 unspecified atom stereocenters. The Kier molecular flexibility index (Phi) is 4.37. The third-order valence-electron chi connectivity index (χ3n) is 3.75. The lowest BCUT2D eigenvalue weighted by Crippen LogP contribution is -2.42. The lowest BCUT2D eigenvalue weighted by atomic mass is 9.99. The van der Waals surface area contributed by atoms with Crippen LogP contribution in [0.1, 0.15) is 19.8 Å². The number of nitrogens with zero attached hydrogens (tertiary/aromatic N) is 2. The number of anilines is 1. The Morgan fingerprint density at radius 2 is 1.89 bits per heavy atom. The molecule has 3 nitrogen and oxygen atoms in total. The second-order valence-electron chi connectivity index (χ2n) is 5.25. The summed E-state index contributed by atoms with van der Waals surface area (Å²) < 4.78 is 0. The van der Waals surface area contributed by atoms with Crippen molar-refractivity contribution in [3.8, 4) is 0 Å². The number of likely N-dealkylation sites (tertiary alicyclic amines) is 1. The summed E-state index contributed by atoms with van der Waals surface area (Å²) in [5, 5.41) is 0. The van der Waals surface area contributed by atoms with Gasteiger partial charge in [-0.25, -0.2) is 0 Å². The fraction of sp³-hybridized carbons (Fsp3) is 0.533. The highest BCUT2D eigenvalue weighted by atomic mass is 16.2. The van der Waals surface area contributed by atoms with Crippen LogP contribution in [-0.4, -0.2) is 37.5 Å². The second kappa shape index (κ2) is 6.01. The zero-order valence-electron chi connectivity index (χ0n) is 11.3. The summed E-state index contributed by atoms with van der Waals surface area (Å²) in [5.41, 5.74) is 0.966. The van der Waals surface area contributed by atoms with Crippen molar-refractivity contribution < 1.29 is 4.79 Å². The standard InChI is InChI=1S/C15H22N2O/c1-13-8-10-17(11-9-13)12-15(18)16(2)14-6-4-3-5-7-14/h3-7,13H,8-12H2,1-2H3. The lowest BCUT2D eigenvalue weighted by Gasteiger charge is -2.30. The summed E-state index contributed by atoms with van der Waals surface area (Å²) in [7, 11) is 1.85. The molecule has 1 aliphatic heterocycles. The maximum atomic E-state index is 12.2. The van der Waals surface area contributed by atoms with Gasteiger partial charge in [-0.2, -0.15) is 0 Å². The van der Waals surface area contributed by atoms with E-state index in [2.05, 4.69) is 11.8 Å². The van der Waals surface area contributed by atoms with Crippen LogP contribution in [0.15, 0.2) is 30.3 Å². The van der Waals surface area contributed by atoms with E-state index in [1.54, 1.807) is 4.90 Å². The van der Waals surface area contributed by atoms with Gasteiger partial charge in [-0.05, 0) is 44.0 Å². The molecular weight excluding hydrogens is 224 g/mol. The van der Waals surface area contributed by atoms with Crippen molar-refractivity contribution in [3.63, 3.8) is 0 Å². The van der Waals surface area contributed by atoms with Crippen LogP contribution in [0.5, 0.6) is 0 Å². The highest BCUT2D eigenvalue weighted by Gasteiger charge is 2.20. The second-order valence-corrected chi connectivity index (χ2v) is 5.25. The third-order valence-corrected chi connectivity index (χ3v) is 3.75. The highest BCUT2D eigenvalue weighted by Crippen LogP contribution is 2.17. The van der Waals surface area contributed by atoms with Crippen molar-refractivity contribution in [1.82, 2.24) is 4.90 Å². The molecule has 3 heteroatoms. The molecule has 0 bridgehead atoms. The van der Waals surface area contributed by atoms with Crippen LogP contribution in [0.3, 0.4) is 0 Å². The van der Waals surface area contributed by atoms with E-state index in [4.69, 9.17) is 0 Å². The Balaban J connectivity index is 1.88. The van der Waals surface area contributed by atoms with Gasteiger partial charge in [0.2, 0.25) is 5.91 Å². The summed E-state index contributed by atoms with van der Waals surface area (Å²) in [6, 6.07) is 9.82. The average Bonchev–Trinajstić information content (AvgIpc) is 2.41. The number of rotatable bonds is 3. The van der Waals surface area contributed by atoms with Gasteiger partial charge >= 0.3 is 0 Å². The molecule has 1 amide bonds. The molecule has 1 saturated heterocycles. The van der Waals surface area contributed by atoms with E-state index < -0.39 is 0 Å². The molecule has 0 aromatic heterocycles. The molecule has 2 rings (SSSR count). The molecule has 0 N–H and O–H groups in total. The van der Waals surface area contributed by atoms with Crippen molar-refractivity contribution in [2.75, 3.05) is 31.6 Å². The first kappa shape index (κ1) is 13.1. The van der Waals surface area contributed by atoms with Crippen molar-refractivity contribution in [2.45, 2.75) is 19.8 Å². The molecule has 1 fully saturated rings. The van der Waals surface area contributed by atoms with Crippen molar-refractivity contribution in [3.05, 3.63) is 30.3 Å². The predicted molar refractivity (Wildman–Crippen MR) is 74.7 cm³/mol. The number of para-hydroxylation sites is 1. The molecular formula is C15H22N2O. The largest absolute Gasteiger partial charge is 0.314 e. The normalized spacial score (nSPS) is 17.7. The van der Waals surface area contributed by atoms with Gasteiger partial charge in [-0.3, -0.25) is 9.69 Å². The summed E-state index contributed by atoms with van der Waals surface area (Å²) in [4.78, 5) is 16.2. The molecule has 1 aromatic rings. The Hall–Kier alpha value is -1.35. The molecule has 98 valence electrons. The molecule has 0 atom stereocenters. The van der Waals surface area contributed by atoms with Gasteiger partial charge in [-0.1, -0.05) is 25.1 Å². The molecule has 0 saturated carbocycles. The van der Waals surface area contributed by atoms with Gasteiger partial charge in [0, 0.05) is 12.7 Å². The summed E-state index contributed by atoms with van der Waals surface area (Å²) in [6.45, 7) is 4.93.